The van der Waals surface area contributed by atoms with Crippen molar-refractivity contribution in [2.75, 3.05) is 26.7 Å². The maximum Gasteiger partial charge on any atom is 0.279 e. The number of hydrogen-bond acceptors (Lipinski definition) is 8. The van der Waals surface area contributed by atoms with E-state index in [-0.39, 0.29) is 23.9 Å². The molecule has 1 fully saturated rings. The van der Waals surface area contributed by atoms with Gasteiger partial charge in [-0.2, -0.15) is 0 Å². The zero-order valence-corrected chi connectivity index (χ0v) is 22.1. The molecule has 0 bridgehead atoms. The van der Waals surface area contributed by atoms with Crippen LogP contribution in [0.25, 0.3) is 5.70 Å². The van der Waals surface area contributed by atoms with Crippen LogP contribution in [0.3, 0.4) is 0 Å². The number of carbonyl (C=O) groups excluding carboxylic acids is 2. The molecule has 0 aliphatic carbocycles. The molecule has 3 heterocycles. The normalized spacial score (nSPS) is 18.8. The van der Waals surface area contributed by atoms with Gasteiger partial charge in [-0.1, -0.05) is 24.3 Å². The molecule has 196 valence electrons. The van der Waals surface area contributed by atoms with E-state index < -0.39 is 11.5 Å². The molecule has 2 aromatic rings. The molecular formula is C27H34N6O3S. The second kappa shape index (κ2) is 11.4. The monoisotopic (exact) mass is 522 g/mol. The van der Waals surface area contributed by atoms with Gasteiger partial charge in [-0.25, -0.2) is 4.99 Å². The molecule has 2 aliphatic heterocycles. The zero-order chi connectivity index (χ0) is 26.6. The van der Waals surface area contributed by atoms with Crippen LogP contribution in [-0.2, 0) is 22.6 Å². The number of nitrogens with two attached hydrogens (primary N) is 1. The van der Waals surface area contributed by atoms with Gasteiger partial charge in [0.05, 0.1) is 24.2 Å². The van der Waals surface area contributed by atoms with Crippen molar-refractivity contribution in [1.29, 1.82) is 5.41 Å². The number of piperidine rings is 1. The first-order valence-corrected chi connectivity index (χ1v) is 13.3. The van der Waals surface area contributed by atoms with E-state index in [1.165, 1.54) is 21.0 Å². The minimum Gasteiger partial charge on any atom is -0.388 e. The van der Waals surface area contributed by atoms with Crippen molar-refractivity contribution >= 4 is 40.9 Å². The highest BCUT2D eigenvalue weighted by Crippen LogP contribution is 2.27. The summed E-state index contributed by atoms with van der Waals surface area (Å²) < 4.78 is 0. The number of rotatable bonds is 8. The average Bonchev–Trinajstić information content (AvgIpc) is 3.32. The second-order valence-corrected chi connectivity index (χ2v) is 10.9. The Labute approximate surface area is 221 Å². The maximum atomic E-state index is 13.1. The second-order valence-electron chi connectivity index (χ2n) is 9.54. The minimum absolute atomic E-state index is 0.0293. The Kier molecular flexibility index (Phi) is 8.21. The van der Waals surface area contributed by atoms with Crippen molar-refractivity contribution < 1.29 is 14.7 Å². The first kappa shape index (κ1) is 26.7. The Morgan fingerprint density at radius 2 is 1.92 bits per heavy atom. The average molecular weight is 523 g/mol. The van der Waals surface area contributed by atoms with Gasteiger partial charge in [0, 0.05) is 42.9 Å². The smallest absolute Gasteiger partial charge is 0.279 e. The third-order valence-electron chi connectivity index (χ3n) is 6.90. The number of nitrogens with zero attached hydrogens (tertiary/aromatic N) is 3. The van der Waals surface area contributed by atoms with E-state index in [9.17, 15) is 14.7 Å². The third-order valence-corrected chi connectivity index (χ3v) is 7.96. The lowest BCUT2D eigenvalue weighted by Gasteiger charge is -2.40. The van der Waals surface area contributed by atoms with E-state index in [4.69, 9.17) is 11.1 Å². The number of aryl methyl sites for hydroxylation is 2. The van der Waals surface area contributed by atoms with Crippen molar-refractivity contribution in [2.45, 2.75) is 44.8 Å². The first-order valence-electron chi connectivity index (χ1n) is 12.4. The molecule has 0 unspecified atom stereocenters. The summed E-state index contributed by atoms with van der Waals surface area (Å²) in [6, 6.07) is 11.7. The fourth-order valence-electron chi connectivity index (χ4n) is 4.65. The van der Waals surface area contributed by atoms with E-state index in [0.29, 0.717) is 44.6 Å². The lowest BCUT2D eigenvalue weighted by Crippen LogP contribution is -2.54. The van der Waals surface area contributed by atoms with Crippen molar-refractivity contribution in [3.8, 4) is 0 Å². The molecule has 2 aliphatic rings. The molecular weight excluding hydrogens is 488 g/mol. The highest BCUT2D eigenvalue weighted by Gasteiger charge is 2.38. The minimum atomic E-state index is -1.14. The summed E-state index contributed by atoms with van der Waals surface area (Å²) in [5.74, 6) is -0.436. The van der Waals surface area contributed by atoms with E-state index in [1.54, 1.807) is 23.3 Å². The molecule has 9 nitrogen and oxygen atoms in total. The Bertz CT molecular complexity index is 1230. The number of aliphatic imine (C=N–C) groups is 1. The van der Waals surface area contributed by atoms with Gasteiger partial charge >= 0.3 is 0 Å². The van der Waals surface area contributed by atoms with E-state index in [2.05, 4.69) is 29.4 Å². The van der Waals surface area contributed by atoms with Crippen LogP contribution >= 0.6 is 11.3 Å². The van der Waals surface area contributed by atoms with Gasteiger partial charge in [0.25, 0.3) is 5.91 Å². The van der Waals surface area contributed by atoms with Crippen LogP contribution in [0, 0.1) is 12.3 Å². The van der Waals surface area contributed by atoms with Crippen LogP contribution in [-0.4, -0.2) is 71.1 Å². The lowest BCUT2D eigenvalue weighted by molar-refractivity contribution is -0.137. The standard InChI is InChI=1S/C27H34N6O3S/c1-18-3-8-21(37-18)9-10-22(34)32-13-11-27(36,12-14-32)16-33-17-31-25(23(29)26(33)35)24(30-2)20-6-4-19(15-28)5-7-20/h3-8,17,29-30,36H,9-16,28H2,1-2H3/b25-24+,29-23?. The zero-order valence-electron chi connectivity index (χ0n) is 21.3. The molecule has 37 heavy (non-hydrogen) atoms. The largest absolute Gasteiger partial charge is 0.388 e. The molecule has 2 amide bonds. The summed E-state index contributed by atoms with van der Waals surface area (Å²) in [5.41, 5.74) is 6.88. The summed E-state index contributed by atoms with van der Waals surface area (Å²) in [7, 11) is 1.72. The van der Waals surface area contributed by atoms with Crippen molar-refractivity contribution in [1.82, 2.24) is 15.1 Å². The fourth-order valence-corrected chi connectivity index (χ4v) is 5.54. The molecule has 4 rings (SSSR count). The van der Waals surface area contributed by atoms with Gasteiger partial charge in [0.1, 0.15) is 11.4 Å². The van der Waals surface area contributed by atoms with Gasteiger partial charge in [-0.05, 0) is 49.4 Å². The summed E-state index contributed by atoms with van der Waals surface area (Å²) in [4.78, 5) is 35.7. The van der Waals surface area contributed by atoms with Crippen LogP contribution < -0.4 is 11.1 Å². The molecule has 1 saturated heterocycles. The predicted molar refractivity (Wildman–Crippen MR) is 146 cm³/mol. The molecule has 1 aromatic heterocycles. The highest BCUT2D eigenvalue weighted by molar-refractivity contribution is 7.11. The van der Waals surface area contributed by atoms with E-state index in [1.807, 2.05) is 24.3 Å². The molecule has 0 spiro atoms. The summed E-state index contributed by atoms with van der Waals surface area (Å²) in [6.45, 7) is 3.38. The number of benzene rings is 1. The third kappa shape index (κ3) is 6.15. The summed E-state index contributed by atoms with van der Waals surface area (Å²) >= 11 is 1.71. The number of nitrogens with one attached hydrogen (secondary N) is 2. The Morgan fingerprint density at radius 3 is 2.51 bits per heavy atom. The van der Waals surface area contributed by atoms with Crippen molar-refractivity contribution in [2.24, 2.45) is 10.7 Å². The first-order chi connectivity index (χ1) is 17.7. The number of likely N-dealkylation sites (tertiary alicyclic amines) is 1. The Balaban J connectivity index is 1.38. The van der Waals surface area contributed by atoms with Crippen molar-refractivity contribution in [3.63, 3.8) is 0 Å². The van der Waals surface area contributed by atoms with E-state index >= 15 is 0 Å². The molecule has 0 atom stereocenters. The SMILES string of the molecule is CN/C(=C1/N=CN(CC2(O)CCN(C(=O)CCc3ccc(C)s3)CC2)C(=O)C1=N)c1ccc(CN)cc1. The topological polar surface area (TPSA) is 135 Å². The van der Waals surface area contributed by atoms with Crippen molar-refractivity contribution in [3.05, 3.63) is 63.0 Å². The molecule has 0 saturated carbocycles. The Morgan fingerprint density at radius 1 is 1.22 bits per heavy atom. The lowest BCUT2D eigenvalue weighted by atomic mass is 9.90. The maximum absolute atomic E-state index is 13.1. The van der Waals surface area contributed by atoms with Gasteiger partial charge in [-0.15, -0.1) is 11.3 Å². The number of aliphatic hydroxyl groups is 1. The van der Waals surface area contributed by atoms with Gasteiger partial charge in [0.15, 0.2) is 0 Å². The summed E-state index contributed by atoms with van der Waals surface area (Å²) in [6.07, 6.45) is 3.28. The van der Waals surface area contributed by atoms with Gasteiger partial charge in [-0.3, -0.25) is 19.9 Å². The van der Waals surface area contributed by atoms with Crippen LogP contribution in [0.5, 0.6) is 0 Å². The number of β-amino-alcohol motifs (C(OH)–C–C–N with tert-alkyl or cyclic N) is 1. The van der Waals surface area contributed by atoms with Gasteiger partial charge in [0.2, 0.25) is 5.91 Å². The number of amides is 2. The predicted octanol–water partition coefficient (Wildman–Crippen LogP) is 2.28. The molecule has 1 aromatic carbocycles. The molecule has 5 N–H and O–H groups in total. The van der Waals surface area contributed by atoms with Crippen LogP contribution in [0.1, 0.15) is 40.1 Å². The van der Waals surface area contributed by atoms with Crippen LogP contribution in [0.4, 0.5) is 0 Å². The van der Waals surface area contributed by atoms with Gasteiger partial charge < -0.3 is 21.1 Å². The van der Waals surface area contributed by atoms with Crippen LogP contribution in [0.2, 0.25) is 0 Å². The molecule has 10 heteroatoms. The van der Waals surface area contributed by atoms with E-state index in [0.717, 1.165) is 17.5 Å². The Hall–Kier alpha value is -3.34. The quantitative estimate of drug-likeness (QED) is 0.422. The van der Waals surface area contributed by atoms with Crippen LogP contribution in [0.15, 0.2) is 47.1 Å². The highest BCUT2D eigenvalue weighted by atomic mass is 32.1. The number of thiophene rings is 1. The molecule has 0 radical (unpaired) electrons. The summed E-state index contributed by atoms with van der Waals surface area (Å²) in [5, 5.41) is 22.7. The number of hydrogen-bond donors (Lipinski definition) is 4. The number of carbonyl (C=O) groups is 2. The fraction of sp³-hybridized carbons (Fsp3) is 0.407.